The maximum atomic E-state index is 14.4. The third kappa shape index (κ3) is 4.11. The Kier molecular flexibility index (Phi) is 5.63. The van der Waals surface area contributed by atoms with Gasteiger partial charge >= 0.3 is 5.97 Å². The standard InChI is InChI=1S/C23H19FN4O2/c24-19-9-5-4-8-17(19)23-18(13-27-28-23)22(26-14-21(29)30)16-10-11-20(25-12-16)15-6-2-1-3-7-15/h1-13,22,26H,14H2,(H,27,28)(H,29,30). The van der Waals surface area contributed by atoms with E-state index >= 15 is 0 Å². The third-order valence-corrected chi connectivity index (χ3v) is 4.77. The van der Waals surface area contributed by atoms with Crippen LogP contribution in [0, 0.1) is 5.82 Å². The maximum absolute atomic E-state index is 14.4. The van der Waals surface area contributed by atoms with Gasteiger partial charge in [0.05, 0.1) is 30.2 Å². The molecule has 0 fully saturated rings. The Hall–Kier alpha value is -3.84. The van der Waals surface area contributed by atoms with Crippen LogP contribution in [0.1, 0.15) is 17.2 Å². The predicted octanol–water partition coefficient (Wildman–Crippen LogP) is 4.04. The topological polar surface area (TPSA) is 90.9 Å². The van der Waals surface area contributed by atoms with Crippen molar-refractivity contribution in [1.82, 2.24) is 20.5 Å². The van der Waals surface area contributed by atoms with E-state index in [4.69, 9.17) is 5.11 Å². The van der Waals surface area contributed by atoms with Gasteiger partial charge in [-0.3, -0.25) is 20.2 Å². The number of hydrogen-bond acceptors (Lipinski definition) is 4. The van der Waals surface area contributed by atoms with Crippen LogP contribution in [-0.2, 0) is 4.79 Å². The quantitative estimate of drug-likeness (QED) is 0.434. The van der Waals surface area contributed by atoms with Gasteiger partial charge in [-0.2, -0.15) is 5.10 Å². The fourth-order valence-corrected chi connectivity index (χ4v) is 3.35. The molecule has 2 heterocycles. The molecular formula is C23H19FN4O2. The maximum Gasteiger partial charge on any atom is 0.317 e. The van der Waals surface area contributed by atoms with Crippen molar-refractivity contribution in [3.05, 3.63) is 96.1 Å². The van der Waals surface area contributed by atoms with Crippen LogP contribution in [0.5, 0.6) is 0 Å². The van der Waals surface area contributed by atoms with Gasteiger partial charge in [0, 0.05) is 22.9 Å². The molecule has 6 nitrogen and oxygen atoms in total. The number of pyridine rings is 1. The second kappa shape index (κ2) is 8.67. The van der Waals surface area contributed by atoms with Crippen LogP contribution >= 0.6 is 0 Å². The molecule has 150 valence electrons. The predicted molar refractivity (Wildman–Crippen MR) is 111 cm³/mol. The normalized spacial score (nSPS) is 11.9. The second-order valence-corrected chi connectivity index (χ2v) is 6.73. The number of benzene rings is 2. The molecule has 0 radical (unpaired) electrons. The van der Waals surface area contributed by atoms with E-state index in [2.05, 4.69) is 20.5 Å². The Morgan fingerprint density at radius 3 is 2.50 bits per heavy atom. The first-order chi connectivity index (χ1) is 14.6. The number of halogens is 1. The zero-order valence-corrected chi connectivity index (χ0v) is 15.9. The van der Waals surface area contributed by atoms with Crippen molar-refractivity contribution < 1.29 is 14.3 Å². The van der Waals surface area contributed by atoms with Gasteiger partial charge < -0.3 is 5.11 Å². The second-order valence-electron chi connectivity index (χ2n) is 6.73. The van der Waals surface area contributed by atoms with Gasteiger partial charge in [-0.15, -0.1) is 0 Å². The zero-order chi connectivity index (χ0) is 20.9. The summed E-state index contributed by atoms with van der Waals surface area (Å²) in [5.74, 6) is -1.39. The van der Waals surface area contributed by atoms with Gasteiger partial charge in [0.1, 0.15) is 5.82 Å². The van der Waals surface area contributed by atoms with E-state index in [0.29, 0.717) is 16.8 Å². The largest absolute Gasteiger partial charge is 0.480 e. The number of aliphatic carboxylic acids is 1. The van der Waals surface area contributed by atoms with Crippen molar-refractivity contribution in [3.8, 4) is 22.5 Å². The molecule has 0 spiro atoms. The average molecular weight is 402 g/mol. The number of carboxylic acid groups (broad SMARTS) is 1. The van der Waals surface area contributed by atoms with Crippen LogP contribution in [0.4, 0.5) is 4.39 Å². The van der Waals surface area contributed by atoms with Crippen molar-refractivity contribution in [2.75, 3.05) is 6.54 Å². The number of H-pyrrole nitrogens is 1. The van der Waals surface area contributed by atoms with E-state index in [1.165, 1.54) is 6.07 Å². The van der Waals surface area contributed by atoms with Crippen LogP contribution < -0.4 is 5.32 Å². The average Bonchev–Trinajstić information content (AvgIpc) is 3.24. The Morgan fingerprint density at radius 1 is 1.03 bits per heavy atom. The highest BCUT2D eigenvalue weighted by Gasteiger charge is 2.22. The highest BCUT2D eigenvalue weighted by molar-refractivity contribution is 5.70. The van der Waals surface area contributed by atoms with Gasteiger partial charge in [-0.05, 0) is 23.8 Å². The Balaban J connectivity index is 1.73. The molecule has 0 aliphatic heterocycles. The van der Waals surface area contributed by atoms with E-state index < -0.39 is 17.8 Å². The van der Waals surface area contributed by atoms with Crippen molar-refractivity contribution in [2.24, 2.45) is 0 Å². The minimum Gasteiger partial charge on any atom is -0.480 e. The van der Waals surface area contributed by atoms with Crippen LogP contribution in [0.3, 0.4) is 0 Å². The summed E-state index contributed by atoms with van der Waals surface area (Å²) in [5.41, 5.74) is 4.02. The lowest BCUT2D eigenvalue weighted by Crippen LogP contribution is -2.28. The number of nitrogens with one attached hydrogen (secondary N) is 2. The minimum atomic E-state index is -0.996. The Bertz CT molecular complexity index is 1140. The molecule has 1 unspecified atom stereocenters. The smallest absolute Gasteiger partial charge is 0.317 e. The first-order valence-corrected chi connectivity index (χ1v) is 9.38. The van der Waals surface area contributed by atoms with E-state index in [-0.39, 0.29) is 6.54 Å². The molecule has 0 saturated heterocycles. The van der Waals surface area contributed by atoms with E-state index in [1.54, 1.807) is 30.6 Å². The summed E-state index contributed by atoms with van der Waals surface area (Å²) in [4.78, 5) is 15.7. The van der Waals surface area contributed by atoms with Gasteiger partial charge in [0.25, 0.3) is 0 Å². The molecule has 2 aromatic heterocycles. The summed E-state index contributed by atoms with van der Waals surface area (Å²) in [5, 5.41) is 19.1. The fraction of sp³-hybridized carbons (Fsp3) is 0.0870. The molecule has 0 aliphatic rings. The summed E-state index contributed by atoms with van der Waals surface area (Å²) in [6, 6.07) is 19.3. The number of aromatic nitrogens is 3. The molecule has 4 aromatic rings. The molecule has 30 heavy (non-hydrogen) atoms. The first kappa shape index (κ1) is 19.5. The van der Waals surface area contributed by atoms with E-state index in [0.717, 1.165) is 16.8 Å². The number of aromatic amines is 1. The molecule has 4 rings (SSSR count). The molecule has 0 saturated carbocycles. The first-order valence-electron chi connectivity index (χ1n) is 9.38. The van der Waals surface area contributed by atoms with Gasteiger partial charge in [0.2, 0.25) is 0 Å². The third-order valence-electron chi connectivity index (χ3n) is 4.77. The van der Waals surface area contributed by atoms with Gasteiger partial charge in [-0.1, -0.05) is 48.5 Å². The number of rotatable bonds is 7. The molecular weight excluding hydrogens is 383 g/mol. The van der Waals surface area contributed by atoms with Crippen molar-refractivity contribution in [3.63, 3.8) is 0 Å². The van der Waals surface area contributed by atoms with Crippen molar-refractivity contribution in [1.29, 1.82) is 0 Å². The number of hydrogen-bond donors (Lipinski definition) is 3. The molecule has 0 bridgehead atoms. The minimum absolute atomic E-state index is 0.271. The van der Waals surface area contributed by atoms with Crippen molar-refractivity contribution >= 4 is 5.97 Å². The van der Waals surface area contributed by atoms with Crippen LogP contribution in [0.15, 0.2) is 79.1 Å². The Labute approximate surface area is 172 Å². The van der Waals surface area contributed by atoms with Crippen LogP contribution in [0.25, 0.3) is 22.5 Å². The fourth-order valence-electron chi connectivity index (χ4n) is 3.35. The zero-order valence-electron chi connectivity index (χ0n) is 15.9. The van der Waals surface area contributed by atoms with Crippen molar-refractivity contribution in [2.45, 2.75) is 6.04 Å². The number of carboxylic acids is 1. The summed E-state index contributed by atoms with van der Waals surface area (Å²) in [6.45, 7) is -0.271. The summed E-state index contributed by atoms with van der Waals surface area (Å²) in [7, 11) is 0. The van der Waals surface area contributed by atoms with Crippen LogP contribution in [-0.4, -0.2) is 32.8 Å². The monoisotopic (exact) mass is 402 g/mol. The number of nitrogens with zero attached hydrogens (tertiary/aromatic N) is 2. The van der Waals surface area contributed by atoms with E-state index in [9.17, 15) is 9.18 Å². The lowest BCUT2D eigenvalue weighted by Gasteiger charge is -2.19. The van der Waals surface area contributed by atoms with E-state index in [1.807, 2.05) is 42.5 Å². The summed E-state index contributed by atoms with van der Waals surface area (Å²) in [6.07, 6.45) is 3.27. The highest BCUT2D eigenvalue weighted by atomic mass is 19.1. The number of carbonyl (C=O) groups is 1. The molecule has 2 aromatic carbocycles. The lowest BCUT2D eigenvalue weighted by atomic mass is 9.96. The summed E-state index contributed by atoms with van der Waals surface area (Å²) >= 11 is 0. The summed E-state index contributed by atoms with van der Waals surface area (Å²) < 4.78 is 14.4. The highest BCUT2D eigenvalue weighted by Crippen LogP contribution is 2.32. The lowest BCUT2D eigenvalue weighted by molar-refractivity contribution is -0.136. The SMILES string of the molecule is O=C(O)CNC(c1ccc(-c2ccccc2)nc1)c1cn[nH]c1-c1ccccc1F. The van der Waals surface area contributed by atoms with Crippen LogP contribution in [0.2, 0.25) is 0 Å². The Morgan fingerprint density at radius 2 is 1.80 bits per heavy atom. The van der Waals surface area contributed by atoms with Gasteiger partial charge in [0.15, 0.2) is 0 Å². The van der Waals surface area contributed by atoms with Gasteiger partial charge in [-0.25, -0.2) is 4.39 Å². The molecule has 0 amide bonds. The molecule has 7 heteroatoms. The molecule has 1 atom stereocenters. The molecule has 0 aliphatic carbocycles. The molecule has 3 N–H and O–H groups in total.